The van der Waals surface area contributed by atoms with Crippen LogP contribution in [0.4, 0.5) is 4.79 Å². The Bertz CT molecular complexity index is 1190. The van der Waals surface area contributed by atoms with Gasteiger partial charge in [0.25, 0.3) is 0 Å². The minimum absolute atomic E-state index is 0.174. The number of rotatable bonds is 16. The molecule has 13 heteroatoms. The van der Waals surface area contributed by atoms with Crippen molar-refractivity contribution in [3.63, 3.8) is 0 Å². The van der Waals surface area contributed by atoms with Crippen molar-refractivity contribution in [1.82, 2.24) is 4.98 Å². The van der Waals surface area contributed by atoms with Crippen LogP contribution in [0.15, 0.2) is 34.8 Å². The third kappa shape index (κ3) is 14.1. The molecule has 9 nitrogen and oxygen atoms in total. The first-order chi connectivity index (χ1) is 19.7. The first-order valence-corrected chi connectivity index (χ1v) is 15.8. The summed E-state index contributed by atoms with van der Waals surface area (Å²) < 4.78 is 8.59. The highest BCUT2D eigenvalue weighted by Crippen LogP contribution is 2.33. The number of carboxylic acid groups (broad SMARTS) is 1. The van der Waals surface area contributed by atoms with Crippen LogP contribution in [0.2, 0.25) is 0 Å². The first-order valence-electron chi connectivity index (χ1n) is 13.8. The summed E-state index contributed by atoms with van der Waals surface area (Å²) in [5.41, 5.74) is 7.80. The van der Waals surface area contributed by atoms with Crippen molar-refractivity contribution in [2.45, 2.75) is 89.8 Å². The van der Waals surface area contributed by atoms with E-state index in [-0.39, 0.29) is 12.0 Å². The molecule has 5 atom stereocenters. The van der Waals surface area contributed by atoms with E-state index in [9.17, 15) is 19.5 Å². The van der Waals surface area contributed by atoms with E-state index in [2.05, 4.69) is 4.98 Å². The summed E-state index contributed by atoms with van der Waals surface area (Å²) in [6.07, 6.45) is 4.67. The number of nitrogens with zero attached hydrogens (tertiary/aromatic N) is 1. The molecule has 0 fully saturated rings. The maximum atomic E-state index is 13.4. The molecule has 4 N–H and O–H groups in total. The van der Waals surface area contributed by atoms with Gasteiger partial charge in [0.2, 0.25) is 3.79 Å². The number of ether oxygens (including phenoxy) is 2. The number of aryl methyl sites for hydroxylation is 1. The van der Waals surface area contributed by atoms with Crippen LogP contribution in [0.1, 0.15) is 71.5 Å². The van der Waals surface area contributed by atoms with E-state index in [4.69, 9.17) is 55.1 Å². The number of ketones is 1. The number of hydrogen-bond acceptors (Lipinski definition) is 9. The van der Waals surface area contributed by atoms with Crippen LogP contribution in [-0.4, -0.2) is 61.8 Å². The third-order valence-corrected chi connectivity index (χ3v) is 8.19. The Balaban J connectivity index is 3.00. The van der Waals surface area contributed by atoms with E-state index in [1.165, 1.54) is 13.8 Å². The maximum absolute atomic E-state index is 13.4. The van der Waals surface area contributed by atoms with Crippen molar-refractivity contribution in [3.05, 3.63) is 45.5 Å². The number of hydrogen-bond donors (Lipinski definition) is 3. The largest absolute Gasteiger partial charge is 0.508 e. The van der Waals surface area contributed by atoms with Gasteiger partial charge in [0.15, 0.2) is 0 Å². The van der Waals surface area contributed by atoms with Crippen LogP contribution in [0, 0.1) is 24.2 Å². The molecule has 0 saturated heterocycles. The zero-order valence-electron chi connectivity index (χ0n) is 25.6. The second-order valence-electron chi connectivity index (χ2n) is 11.3. The second-order valence-corrected chi connectivity index (χ2v) is 14.9. The Kier molecular flexibility index (Phi) is 15.9. The number of aliphatic hydroxyl groups is 1. The fourth-order valence-electron chi connectivity index (χ4n) is 4.27. The maximum Gasteiger partial charge on any atom is 0.508 e. The lowest BCUT2D eigenvalue weighted by Crippen LogP contribution is -2.46. The van der Waals surface area contributed by atoms with E-state index in [0.717, 1.165) is 21.8 Å². The van der Waals surface area contributed by atoms with E-state index in [1.807, 2.05) is 50.5 Å². The van der Waals surface area contributed by atoms with Crippen LogP contribution < -0.4 is 5.73 Å². The van der Waals surface area contributed by atoms with Crippen molar-refractivity contribution in [1.29, 1.82) is 0 Å². The van der Waals surface area contributed by atoms with Gasteiger partial charge in [-0.1, -0.05) is 91.9 Å². The van der Waals surface area contributed by atoms with E-state index < -0.39 is 58.3 Å². The third-order valence-electron chi connectivity index (χ3n) is 7.07. The summed E-state index contributed by atoms with van der Waals surface area (Å²) >= 11 is 18.6. The number of aliphatic hydroxyl groups excluding tert-OH is 1. The molecule has 0 bridgehead atoms. The standard InChI is InChI=1S/C30H43Cl3N2O7S/c1-17(11-12-23(34)19(3)13-22-15-43-21(5)35-22)9-8-10-18(2)26(42-28(40)41-16-30(31,32)33)20(4)27(39)29(6,7)24(36)14-25(37)38/h8-9,11,13,15,18,20,23-24,26,36H,10,12,14,16,34H2,1-7H3,(H,37,38)/b9-8+,17-11-,19-13+/t18-,20+,23-,24?,26?/m0/s1. The van der Waals surface area contributed by atoms with Gasteiger partial charge >= 0.3 is 12.1 Å². The fourth-order valence-corrected chi connectivity index (χ4v) is 5.01. The van der Waals surface area contributed by atoms with Crippen LogP contribution in [0.25, 0.3) is 6.08 Å². The lowest BCUT2D eigenvalue weighted by atomic mass is 9.73. The number of carbonyl (C=O) groups is 3. The zero-order valence-corrected chi connectivity index (χ0v) is 28.7. The summed E-state index contributed by atoms with van der Waals surface area (Å²) in [6.45, 7) is 11.6. The molecule has 1 heterocycles. The van der Waals surface area contributed by atoms with Gasteiger partial charge in [-0.05, 0) is 45.6 Å². The number of aromatic nitrogens is 1. The summed E-state index contributed by atoms with van der Waals surface area (Å²) in [5.74, 6) is -3.02. The monoisotopic (exact) mass is 680 g/mol. The second kappa shape index (κ2) is 17.5. The average molecular weight is 682 g/mol. The van der Waals surface area contributed by atoms with Crippen LogP contribution in [0.5, 0.6) is 0 Å². The molecule has 0 amide bonds. The number of carbonyl (C=O) groups excluding carboxylic acids is 2. The minimum atomic E-state index is -1.85. The van der Waals surface area contributed by atoms with Crippen molar-refractivity contribution in [2.24, 2.45) is 23.0 Å². The molecule has 0 aliphatic rings. The van der Waals surface area contributed by atoms with Gasteiger partial charge < -0.3 is 25.4 Å². The van der Waals surface area contributed by atoms with Gasteiger partial charge in [-0.2, -0.15) is 0 Å². The molecule has 0 saturated carbocycles. The number of halogens is 3. The number of aliphatic carboxylic acids is 1. The highest BCUT2D eigenvalue weighted by molar-refractivity contribution is 7.09. The highest BCUT2D eigenvalue weighted by atomic mass is 35.6. The predicted molar refractivity (Wildman–Crippen MR) is 172 cm³/mol. The Hall–Kier alpha value is -1.95. The number of Topliss-reactive ketones (excluding diaryl/α,β-unsaturated/α-hetero) is 1. The van der Waals surface area contributed by atoms with Crippen molar-refractivity contribution >= 4 is 70.1 Å². The molecule has 1 aromatic heterocycles. The molecule has 0 radical (unpaired) electrons. The number of alkyl halides is 3. The van der Waals surface area contributed by atoms with Crippen molar-refractivity contribution < 1.29 is 34.1 Å². The van der Waals surface area contributed by atoms with Crippen molar-refractivity contribution in [2.75, 3.05) is 6.61 Å². The molecule has 2 unspecified atom stereocenters. The predicted octanol–water partition coefficient (Wildman–Crippen LogP) is 7.06. The molecule has 242 valence electrons. The lowest BCUT2D eigenvalue weighted by Gasteiger charge is -2.35. The van der Waals surface area contributed by atoms with Crippen LogP contribution >= 0.6 is 46.1 Å². The number of allylic oxidation sites excluding steroid dienone is 3. The van der Waals surface area contributed by atoms with Crippen LogP contribution in [0.3, 0.4) is 0 Å². The molecule has 0 aliphatic carbocycles. The molecule has 0 spiro atoms. The quantitative estimate of drug-likeness (QED) is 0.0947. The molecule has 0 aromatic carbocycles. The van der Waals surface area contributed by atoms with E-state index >= 15 is 0 Å². The summed E-state index contributed by atoms with van der Waals surface area (Å²) in [6, 6.07) is -0.174. The summed E-state index contributed by atoms with van der Waals surface area (Å²) in [5, 5.41) is 22.5. The fraction of sp³-hybridized carbons (Fsp3) is 0.600. The molecule has 1 aromatic rings. The zero-order chi connectivity index (χ0) is 33.1. The number of thiazole rings is 1. The van der Waals surface area contributed by atoms with Crippen molar-refractivity contribution in [3.8, 4) is 0 Å². The van der Waals surface area contributed by atoms with Gasteiger partial charge in [-0.25, -0.2) is 9.78 Å². The topological polar surface area (TPSA) is 149 Å². The average Bonchev–Trinajstić information content (AvgIpc) is 3.31. The lowest BCUT2D eigenvalue weighted by molar-refractivity contribution is -0.147. The highest BCUT2D eigenvalue weighted by Gasteiger charge is 2.43. The smallest absolute Gasteiger partial charge is 0.481 e. The molecule has 0 aliphatic heterocycles. The molecular weight excluding hydrogens is 639 g/mol. The van der Waals surface area contributed by atoms with Gasteiger partial charge in [-0.3, -0.25) is 9.59 Å². The Morgan fingerprint density at radius 3 is 2.33 bits per heavy atom. The molecule has 1 rings (SSSR count). The summed E-state index contributed by atoms with van der Waals surface area (Å²) in [4.78, 5) is 41.5. The molecule has 43 heavy (non-hydrogen) atoms. The normalized spacial score (nSPS) is 16.8. The first kappa shape index (κ1) is 39.1. The van der Waals surface area contributed by atoms with Gasteiger partial charge in [0.05, 0.1) is 34.6 Å². The van der Waals surface area contributed by atoms with E-state index in [0.29, 0.717) is 12.8 Å². The van der Waals surface area contributed by atoms with Gasteiger partial charge in [0, 0.05) is 11.4 Å². The van der Waals surface area contributed by atoms with E-state index in [1.54, 1.807) is 25.2 Å². The van der Waals surface area contributed by atoms with Gasteiger partial charge in [-0.15, -0.1) is 11.3 Å². The van der Waals surface area contributed by atoms with Gasteiger partial charge in [0.1, 0.15) is 18.5 Å². The Morgan fingerprint density at radius 1 is 1.16 bits per heavy atom. The SMILES string of the molecule is CC(=C/C[C@H](N)/C(C)=C/c1csc(C)n1)/C=C/C[C@H](C)C(OC(=O)OCC(Cl)(Cl)Cl)[C@@H](C)C(=O)C(C)(C)C(O)CC(=O)O. The Morgan fingerprint density at radius 2 is 1.79 bits per heavy atom. The molecular formula is C30H43Cl3N2O7S. The van der Waals surface area contributed by atoms with Crippen LogP contribution in [-0.2, 0) is 19.1 Å². The minimum Gasteiger partial charge on any atom is -0.481 e. The number of carboxylic acids is 1. The summed E-state index contributed by atoms with van der Waals surface area (Å²) in [7, 11) is 0. The number of nitrogens with two attached hydrogens (primary N) is 1. The Labute approximate surface area is 273 Å².